The maximum Gasteiger partial charge on any atom is 0.240 e. The van der Waals surface area contributed by atoms with E-state index in [1.54, 1.807) is 18.2 Å². The molecule has 0 radical (unpaired) electrons. The molecule has 0 atom stereocenters. The van der Waals surface area contributed by atoms with E-state index in [1.807, 2.05) is 13.8 Å². The van der Waals surface area contributed by atoms with Gasteiger partial charge >= 0.3 is 0 Å². The Hall–Kier alpha value is -1.77. The van der Waals surface area contributed by atoms with Gasteiger partial charge in [-0.25, -0.2) is 13.1 Å². The molecule has 0 spiro atoms. The molecule has 1 aliphatic carbocycles. The van der Waals surface area contributed by atoms with Crippen LogP contribution in [0, 0.1) is 13.8 Å². The van der Waals surface area contributed by atoms with E-state index in [1.165, 1.54) is 0 Å². The summed E-state index contributed by atoms with van der Waals surface area (Å²) in [5.74, 6) is 0.908. The Labute approximate surface area is 141 Å². The van der Waals surface area contributed by atoms with Crippen molar-refractivity contribution in [3.05, 3.63) is 41.0 Å². The van der Waals surface area contributed by atoms with E-state index in [4.69, 9.17) is 10.3 Å². The van der Waals surface area contributed by atoms with Gasteiger partial charge < -0.3 is 10.3 Å². The molecular weight excluding hydrogens is 328 g/mol. The van der Waals surface area contributed by atoms with E-state index in [0.29, 0.717) is 18.1 Å². The van der Waals surface area contributed by atoms with Gasteiger partial charge in [-0.1, -0.05) is 11.2 Å². The number of sulfonamides is 1. The average molecular weight is 350 g/mol. The summed E-state index contributed by atoms with van der Waals surface area (Å²) in [6.07, 6.45) is 3.10. The third-order valence-electron chi connectivity index (χ3n) is 4.58. The topological polar surface area (TPSA) is 111 Å². The van der Waals surface area contributed by atoms with Crippen molar-refractivity contribution in [2.45, 2.75) is 50.0 Å². The standard InChI is InChI=1S/C16H22N4O3S/c1-11-4-5-13(10-12(11)2)24(21,22)18-9-6-14-19-15(20-23-14)16(17)7-3-8-16/h4-5,10,18H,3,6-9,17H2,1-2H3. The minimum Gasteiger partial charge on any atom is -0.339 e. The van der Waals surface area contributed by atoms with Crippen molar-refractivity contribution >= 4 is 10.0 Å². The van der Waals surface area contributed by atoms with Crippen molar-refractivity contribution < 1.29 is 12.9 Å². The second-order valence-corrected chi connectivity index (χ2v) is 8.18. The van der Waals surface area contributed by atoms with Crippen LogP contribution in [0.15, 0.2) is 27.6 Å². The third-order valence-corrected chi connectivity index (χ3v) is 6.04. The largest absolute Gasteiger partial charge is 0.339 e. The molecule has 7 nitrogen and oxygen atoms in total. The molecule has 130 valence electrons. The van der Waals surface area contributed by atoms with Crippen LogP contribution in [0.3, 0.4) is 0 Å². The Morgan fingerprint density at radius 1 is 1.29 bits per heavy atom. The molecule has 3 N–H and O–H groups in total. The molecule has 1 aromatic carbocycles. The highest BCUT2D eigenvalue weighted by molar-refractivity contribution is 7.89. The minimum absolute atomic E-state index is 0.189. The van der Waals surface area contributed by atoms with Crippen LogP contribution in [0.2, 0.25) is 0 Å². The van der Waals surface area contributed by atoms with Gasteiger partial charge in [0.15, 0.2) is 5.82 Å². The average Bonchev–Trinajstić information content (AvgIpc) is 2.96. The number of benzene rings is 1. The third kappa shape index (κ3) is 3.35. The van der Waals surface area contributed by atoms with Gasteiger partial charge in [0.05, 0.1) is 10.4 Å². The summed E-state index contributed by atoms with van der Waals surface area (Å²) in [5, 5.41) is 3.92. The van der Waals surface area contributed by atoms with E-state index in [0.717, 1.165) is 30.4 Å². The lowest BCUT2D eigenvalue weighted by Gasteiger charge is -2.34. The molecule has 1 fully saturated rings. The van der Waals surface area contributed by atoms with E-state index >= 15 is 0 Å². The minimum atomic E-state index is -3.55. The molecule has 8 heteroatoms. The zero-order valence-corrected chi connectivity index (χ0v) is 14.7. The van der Waals surface area contributed by atoms with E-state index in [2.05, 4.69) is 14.9 Å². The number of rotatable bonds is 6. The first kappa shape index (κ1) is 17.1. The highest BCUT2D eigenvalue weighted by Crippen LogP contribution is 2.36. The second-order valence-electron chi connectivity index (χ2n) is 6.42. The van der Waals surface area contributed by atoms with Crippen LogP contribution in [-0.2, 0) is 22.0 Å². The summed E-state index contributed by atoms with van der Waals surface area (Å²) in [5.41, 5.74) is 7.66. The quantitative estimate of drug-likeness (QED) is 0.817. The molecule has 0 bridgehead atoms. The molecule has 0 aliphatic heterocycles. The van der Waals surface area contributed by atoms with Gasteiger partial charge in [0, 0.05) is 13.0 Å². The van der Waals surface area contributed by atoms with Crippen molar-refractivity contribution in [3.63, 3.8) is 0 Å². The summed E-state index contributed by atoms with van der Waals surface area (Å²) < 4.78 is 32.3. The number of hydrogen-bond acceptors (Lipinski definition) is 6. The van der Waals surface area contributed by atoms with Crippen molar-refractivity contribution in [2.24, 2.45) is 5.73 Å². The van der Waals surface area contributed by atoms with Crippen LogP contribution < -0.4 is 10.5 Å². The summed E-state index contributed by atoms with van der Waals surface area (Å²) in [6, 6.07) is 5.06. The van der Waals surface area contributed by atoms with Crippen molar-refractivity contribution in [1.29, 1.82) is 0 Å². The van der Waals surface area contributed by atoms with Crippen LogP contribution in [-0.4, -0.2) is 25.1 Å². The van der Waals surface area contributed by atoms with Gasteiger partial charge in [0.25, 0.3) is 0 Å². The lowest BCUT2D eigenvalue weighted by atomic mass is 9.77. The number of nitrogens with two attached hydrogens (primary N) is 1. The molecule has 1 aliphatic rings. The molecule has 24 heavy (non-hydrogen) atoms. The smallest absolute Gasteiger partial charge is 0.240 e. The Morgan fingerprint density at radius 3 is 2.67 bits per heavy atom. The van der Waals surface area contributed by atoms with E-state index in [9.17, 15) is 8.42 Å². The number of aryl methyl sites for hydroxylation is 2. The van der Waals surface area contributed by atoms with Gasteiger partial charge in [0.1, 0.15) is 0 Å². The van der Waals surface area contributed by atoms with Crippen LogP contribution in [0.5, 0.6) is 0 Å². The Balaban J connectivity index is 1.60. The van der Waals surface area contributed by atoms with Crippen LogP contribution in [0.25, 0.3) is 0 Å². The number of nitrogens with one attached hydrogen (secondary N) is 1. The van der Waals surface area contributed by atoms with Crippen LogP contribution >= 0.6 is 0 Å². The van der Waals surface area contributed by atoms with E-state index in [-0.39, 0.29) is 11.4 Å². The van der Waals surface area contributed by atoms with Crippen molar-refractivity contribution in [2.75, 3.05) is 6.54 Å². The van der Waals surface area contributed by atoms with Gasteiger partial charge in [0.2, 0.25) is 15.9 Å². The zero-order valence-electron chi connectivity index (χ0n) is 13.9. The second kappa shape index (κ2) is 6.27. The monoisotopic (exact) mass is 350 g/mol. The predicted molar refractivity (Wildman–Crippen MR) is 88.8 cm³/mol. The molecule has 2 aromatic rings. The van der Waals surface area contributed by atoms with Gasteiger partial charge in [-0.2, -0.15) is 4.98 Å². The SMILES string of the molecule is Cc1ccc(S(=O)(=O)NCCc2nc(C3(N)CCC3)no2)cc1C. The molecule has 0 saturated heterocycles. The fourth-order valence-corrected chi connectivity index (χ4v) is 3.71. The molecule has 1 aromatic heterocycles. The van der Waals surface area contributed by atoms with E-state index < -0.39 is 15.6 Å². The number of nitrogens with zero attached hydrogens (tertiary/aromatic N) is 2. The van der Waals surface area contributed by atoms with Crippen molar-refractivity contribution in [1.82, 2.24) is 14.9 Å². The molecule has 0 unspecified atom stereocenters. The Bertz CT molecular complexity index is 841. The summed E-state index contributed by atoms with van der Waals surface area (Å²) in [6.45, 7) is 4.02. The first-order valence-electron chi connectivity index (χ1n) is 7.99. The Morgan fingerprint density at radius 2 is 2.04 bits per heavy atom. The van der Waals surface area contributed by atoms with Gasteiger partial charge in [-0.05, 0) is 56.4 Å². The summed E-state index contributed by atoms with van der Waals surface area (Å²) in [4.78, 5) is 4.54. The molecular formula is C16H22N4O3S. The molecule has 1 saturated carbocycles. The predicted octanol–water partition coefficient (Wildman–Crippen LogP) is 1.55. The van der Waals surface area contributed by atoms with Gasteiger partial charge in [-0.3, -0.25) is 0 Å². The first-order chi connectivity index (χ1) is 11.3. The fraction of sp³-hybridized carbons (Fsp3) is 0.500. The van der Waals surface area contributed by atoms with Crippen LogP contribution in [0.1, 0.15) is 42.1 Å². The lowest BCUT2D eigenvalue weighted by molar-refractivity contribution is 0.229. The molecule has 0 amide bonds. The highest BCUT2D eigenvalue weighted by Gasteiger charge is 2.38. The maximum atomic E-state index is 12.3. The van der Waals surface area contributed by atoms with Crippen molar-refractivity contribution in [3.8, 4) is 0 Å². The first-order valence-corrected chi connectivity index (χ1v) is 9.47. The number of aromatic nitrogens is 2. The van der Waals surface area contributed by atoms with Crippen LogP contribution in [0.4, 0.5) is 0 Å². The summed E-state index contributed by atoms with van der Waals surface area (Å²) in [7, 11) is -3.55. The lowest BCUT2D eigenvalue weighted by Crippen LogP contribution is -2.44. The maximum absolute atomic E-state index is 12.3. The number of hydrogen-bond donors (Lipinski definition) is 2. The molecule has 3 rings (SSSR count). The highest BCUT2D eigenvalue weighted by atomic mass is 32.2. The zero-order chi connectivity index (χ0) is 17.4. The van der Waals surface area contributed by atoms with Gasteiger partial charge in [-0.15, -0.1) is 0 Å². The molecule has 1 heterocycles. The summed E-state index contributed by atoms with van der Waals surface area (Å²) >= 11 is 0. The fourth-order valence-electron chi connectivity index (χ4n) is 2.60. The Kier molecular flexibility index (Phi) is 4.46. The normalized spacial score (nSPS) is 16.8.